The molecule has 0 aliphatic heterocycles. The number of thioether (sulfide) groups is 1. The van der Waals surface area contributed by atoms with Crippen molar-refractivity contribution < 1.29 is 19.1 Å². The van der Waals surface area contributed by atoms with Gasteiger partial charge in [0.1, 0.15) is 5.76 Å². The predicted molar refractivity (Wildman–Crippen MR) is 74.3 cm³/mol. The number of amides is 1. The summed E-state index contributed by atoms with van der Waals surface area (Å²) in [5, 5.41) is 11.3. The monoisotopic (exact) mass is 285 g/mol. The molecule has 0 aromatic carbocycles. The first-order chi connectivity index (χ1) is 9.04. The van der Waals surface area contributed by atoms with Crippen LogP contribution in [-0.4, -0.2) is 28.0 Å². The lowest BCUT2D eigenvalue weighted by molar-refractivity contribution is -0.120. The lowest BCUT2D eigenvalue weighted by Gasteiger charge is -2.10. The number of carboxylic acid groups (broad SMARTS) is 1. The maximum atomic E-state index is 11.8. The molecule has 0 spiro atoms. The zero-order valence-corrected chi connectivity index (χ0v) is 12.0. The lowest BCUT2D eigenvalue weighted by Crippen LogP contribution is -2.30. The normalized spacial score (nSPS) is 12.1. The van der Waals surface area contributed by atoms with Gasteiger partial charge in [-0.15, -0.1) is 11.8 Å². The van der Waals surface area contributed by atoms with E-state index in [1.54, 1.807) is 17.8 Å². The number of hydrogen-bond donors (Lipinski definition) is 2. The Hall–Kier alpha value is -1.43. The van der Waals surface area contributed by atoms with E-state index < -0.39 is 5.97 Å². The van der Waals surface area contributed by atoms with E-state index in [0.29, 0.717) is 5.76 Å². The number of rotatable bonds is 8. The molecule has 1 atom stereocenters. The first-order valence-corrected chi connectivity index (χ1v) is 7.30. The summed E-state index contributed by atoms with van der Waals surface area (Å²) in [6.45, 7) is 4.19. The number of hydrogen-bond acceptors (Lipinski definition) is 4. The van der Waals surface area contributed by atoms with Gasteiger partial charge < -0.3 is 14.8 Å². The zero-order valence-electron chi connectivity index (χ0n) is 11.1. The summed E-state index contributed by atoms with van der Waals surface area (Å²) in [6, 6.07) is 2.93. The molecule has 1 heterocycles. The van der Waals surface area contributed by atoms with E-state index in [-0.39, 0.29) is 23.5 Å². The fourth-order valence-electron chi connectivity index (χ4n) is 1.39. The van der Waals surface area contributed by atoms with Crippen molar-refractivity contribution in [2.75, 3.05) is 5.75 Å². The number of carboxylic acids is 1. The molecular weight excluding hydrogens is 266 g/mol. The van der Waals surface area contributed by atoms with Gasteiger partial charge in [-0.1, -0.05) is 13.3 Å². The van der Waals surface area contributed by atoms with Crippen LogP contribution in [0.3, 0.4) is 0 Å². The van der Waals surface area contributed by atoms with Gasteiger partial charge >= 0.3 is 5.97 Å². The molecule has 0 saturated heterocycles. The van der Waals surface area contributed by atoms with Crippen molar-refractivity contribution in [2.24, 2.45) is 0 Å². The van der Waals surface area contributed by atoms with Crippen molar-refractivity contribution in [2.45, 2.75) is 38.5 Å². The molecule has 0 aliphatic carbocycles. The van der Waals surface area contributed by atoms with Gasteiger partial charge in [-0.25, -0.2) is 4.79 Å². The first kappa shape index (κ1) is 15.6. The number of unbranched alkanes of at least 4 members (excludes halogenated alkanes) is 1. The summed E-state index contributed by atoms with van der Waals surface area (Å²) in [6.07, 6.45) is 2.22. The van der Waals surface area contributed by atoms with Crippen molar-refractivity contribution in [3.8, 4) is 0 Å². The second-order valence-corrected chi connectivity index (χ2v) is 5.60. The quantitative estimate of drug-likeness (QED) is 0.717. The summed E-state index contributed by atoms with van der Waals surface area (Å²) < 4.78 is 5.05. The van der Waals surface area contributed by atoms with E-state index in [4.69, 9.17) is 9.52 Å². The SMILES string of the molecule is CCCCSC(C)C(=O)NCc1ccc(C(=O)O)o1. The third-order valence-electron chi connectivity index (χ3n) is 2.54. The van der Waals surface area contributed by atoms with E-state index >= 15 is 0 Å². The molecule has 106 valence electrons. The number of furan rings is 1. The molecule has 1 unspecified atom stereocenters. The van der Waals surface area contributed by atoms with Gasteiger partial charge in [-0.2, -0.15) is 0 Å². The van der Waals surface area contributed by atoms with Crippen LogP contribution in [0, 0.1) is 0 Å². The van der Waals surface area contributed by atoms with Gasteiger partial charge in [0.25, 0.3) is 0 Å². The van der Waals surface area contributed by atoms with Crippen LogP contribution in [0.2, 0.25) is 0 Å². The highest BCUT2D eigenvalue weighted by Gasteiger charge is 2.14. The van der Waals surface area contributed by atoms with Crippen LogP contribution in [-0.2, 0) is 11.3 Å². The summed E-state index contributed by atoms with van der Waals surface area (Å²) in [5.41, 5.74) is 0. The molecule has 0 saturated carbocycles. The van der Waals surface area contributed by atoms with E-state index in [0.717, 1.165) is 18.6 Å². The summed E-state index contributed by atoms with van der Waals surface area (Å²) in [5.74, 6) is 0.121. The average Bonchev–Trinajstić information content (AvgIpc) is 2.85. The van der Waals surface area contributed by atoms with E-state index in [1.165, 1.54) is 6.07 Å². The summed E-state index contributed by atoms with van der Waals surface area (Å²) in [7, 11) is 0. The van der Waals surface area contributed by atoms with E-state index in [2.05, 4.69) is 12.2 Å². The molecule has 19 heavy (non-hydrogen) atoms. The maximum absolute atomic E-state index is 11.8. The minimum atomic E-state index is -1.11. The minimum absolute atomic E-state index is 0.0608. The molecule has 0 bridgehead atoms. The predicted octanol–water partition coefficient (Wildman–Crippen LogP) is 2.52. The standard InChI is InChI=1S/C13H19NO4S/c1-3-4-7-19-9(2)12(15)14-8-10-5-6-11(18-10)13(16)17/h5-6,9H,3-4,7-8H2,1-2H3,(H,14,15)(H,16,17). The van der Waals surface area contributed by atoms with Crippen LogP contribution in [0.1, 0.15) is 43.0 Å². The second-order valence-electron chi connectivity index (χ2n) is 4.16. The molecule has 0 fully saturated rings. The minimum Gasteiger partial charge on any atom is -0.475 e. The molecule has 0 aliphatic rings. The van der Waals surface area contributed by atoms with Crippen molar-refractivity contribution >= 4 is 23.6 Å². The lowest BCUT2D eigenvalue weighted by atomic mass is 10.4. The van der Waals surface area contributed by atoms with E-state index in [1.807, 2.05) is 6.92 Å². The highest BCUT2D eigenvalue weighted by Crippen LogP contribution is 2.13. The van der Waals surface area contributed by atoms with Crippen LogP contribution >= 0.6 is 11.8 Å². The number of nitrogens with one attached hydrogen (secondary N) is 1. The summed E-state index contributed by atoms with van der Waals surface area (Å²) in [4.78, 5) is 22.4. The fourth-order valence-corrected chi connectivity index (χ4v) is 2.43. The molecule has 0 radical (unpaired) electrons. The van der Waals surface area contributed by atoms with Crippen LogP contribution in [0.5, 0.6) is 0 Å². The van der Waals surface area contributed by atoms with Crippen LogP contribution in [0.4, 0.5) is 0 Å². The topological polar surface area (TPSA) is 79.5 Å². The smallest absolute Gasteiger partial charge is 0.371 e. The van der Waals surface area contributed by atoms with Crippen LogP contribution in [0.25, 0.3) is 0 Å². The van der Waals surface area contributed by atoms with E-state index in [9.17, 15) is 9.59 Å². The van der Waals surface area contributed by atoms with Crippen LogP contribution in [0.15, 0.2) is 16.5 Å². The molecule has 2 N–H and O–H groups in total. The molecule has 1 amide bonds. The Bertz CT molecular complexity index is 430. The molecule has 1 aromatic rings. The van der Waals surface area contributed by atoms with Gasteiger partial charge in [0.2, 0.25) is 11.7 Å². The molecule has 6 heteroatoms. The van der Waals surface area contributed by atoms with Crippen molar-refractivity contribution in [3.63, 3.8) is 0 Å². The number of carbonyl (C=O) groups excluding carboxylic acids is 1. The van der Waals surface area contributed by atoms with Gasteiger partial charge in [0.15, 0.2) is 0 Å². The number of aromatic carboxylic acids is 1. The highest BCUT2D eigenvalue weighted by atomic mass is 32.2. The maximum Gasteiger partial charge on any atom is 0.371 e. The Balaban J connectivity index is 2.34. The number of carbonyl (C=O) groups is 2. The Morgan fingerprint density at radius 2 is 2.21 bits per heavy atom. The van der Waals surface area contributed by atoms with Gasteiger partial charge in [0.05, 0.1) is 11.8 Å². The summed E-state index contributed by atoms with van der Waals surface area (Å²) >= 11 is 1.62. The zero-order chi connectivity index (χ0) is 14.3. The molecule has 1 rings (SSSR count). The molecule has 5 nitrogen and oxygen atoms in total. The Morgan fingerprint density at radius 1 is 1.47 bits per heavy atom. The third kappa shape index (κ3) is 5.38. The highest BCUT2D eigenvalue weighted by molar-refractivity contribution is 8.00. The Morgan fingerprint density at radius 3 is 2.79 bits per heavy atom. The van der Waals surface area contributed by atoms with Crippen molar-refractivity contribution in [3.05, 3.63) is 23.7 Å². The second kappa shape index (κ2) is 7.89. The Kier molecular flexibility index (Phi) is 6.49. The fraction of sp³-hybridized carbons (Fsp3) is 0.538. The van der Waals surface area contributed by atoms with Gasteiger partial charge in [-0.3, -0.25) is 4.79 Å². The third-order valence-corrected chi connectivity index (χ3v) is 3.78. The average molecular weight is 285 g/mol. The first-order valence-electron chi connectivity index (χ1n) is 6.26. The van der Waals surface area contributed by atoms with Crippen molar-refractivity contribution in [1.82, 2.24) is 5.32 Å². The van der Waals surface area contributed by atoms with Gasteiger partial charge in [0, 0.05) is 0 Å². The van der Waals surface area contributed by atoms with Crippen LogP contribution < -0.4 is 5.32 Å². The molecular formula is C13H19NO4S. The largest absolute Gasteiger partial charge is 0.475 e. The Labute approximate surface area is 116 Å². The molecule has 1 aromatic heterocycles. The van der Waals surface area contributed by atoms with Gasteiger partial charge in [-0.05, 0) is 31.2 Å². The van der Waals surface area contributed by atoms with Crippen molar-refractivity contribution in [1.29, 1.82) is 0 Å².